The Hall–Kier alpha value is -3.20. The SMILES string of the molecule is Cc1cc(F)cc2[nH]c(C(=O)N3CCn4ncc(C(=O)N5CCCOCC56CC6)c4C3)cc12. The van der Waals surface area contributed by atoms with Crippen molar-refractivity contribution in [3.63, 3.8) is 0 Å². The van der Waals surface area contributed by atoms with Crippen LogP contribution in [0, 0.1) is 12.7 Å². The molecule has 3 aliphatic rings. The van der Waals surface area contributed by atoms with E-state index in [2.05, 4.69) is 10.1 Å². The highest BCUT2D eigenvalue weighted by molar-refractivity contribution is 5.99. The molecule has 2 aliphatic heterocycles. The lowest BCUT2D eigenvalue weighted by molar-refractivity contribution is 0.0544. The molecule has 6 rings (SSSR count). The van der Waals surface area contributed by atoms with Crippen molar-refractivity contribution in [2.45, 2.75) is 44.8 Å². The van der Waals surface area contributed by atoms with Crippen molar-refractivity contribution in [3.05, 3.63) is 52.7 Å². The first-order chi connectivity index (χ1) is 15.9. The molecule has 0 bridgehead atoms. The third-order valence-corrected chi connectivity index (χ3v) is 7.21. The van der Waals surface area contributed by atoms with Crippen LogP contribution in [0.25, 0.3) is 10.9 Å². The summed E-state index contributed by atoms with van der Waals surface area (Å²) in [6.45, 7) is 5.09. The fourth-order valence-corrected chi connectivity index (χ4v) is 5.18. The molecule has 172 valence electrons. The van der Waals surface area contributed by atoms with Crippen LogP contribution in [0.1, 0.15) is 51.4 Å². The van der Waals surface area contributed by atoms with Crippen molar-refractivity contribution in [1.82, 2.24) is 24.6 Å². The smallest absolute Gasteiger partial charge is 0.270 e. The Morgan fingerprint density at radius 2 is 2.00 bits per heavy atom. The molecule has 33 heavy (non-hydrogen) atoms. The zero-order valence-corrected chi connectivity index (χ0v) is 18.6. The van der Waals surface area contributed by atoms with E-state index >= 15 is 0 Å². The first kappa shape index (κ1) is 20.4. The average molecular weight is 452 g/mol. The van der Waals surface area contributed by atoms with Crippen LogP contribution >= 0.6 is 0 Å². The Labute approximate surface area is 190 Å². The van der Waals surface area contributed by atoms with E-state index in [-0.39, 0.29) is 23.2 Å². The van der Waals surface area contributed by atoms with Crippen molar-refractivity contribution in [1.29, 1.82) is 0 Å². The van der Waals surface area contributed by atoms with Gasteiger partial charge in [-0.25, -0.2) is 4.39 Å². The summed E-state index contributed by atoms with van der Waals surface area (Å²) in [6, 6.07) is 4.64. The summed E-state index contributed by atoms with van der Waals surface area (Å²) in [5.74, 6) is -0.526. The second-order valence-electron chi connectivity index (χ2n) is 9.41. The third kappa shape index (κ3) is 3.33. The molecule has 1 aromatic carbocycles. The summed E-state index contributed by atoms with van der Waals surface area (Å²) in [6.07, 6.45) is 4.39. The maximum atomic E-state index is 13.8. The van der Waals surface area contributed by atoms with E-state index in [1.165, 1.54) is 12.1 Å². The minimum atomic E-state index is -0.335. The van der Waals surface area contributed by atoms with Gasteiger partial charge in [0.2, 0.25) is 0 Å². The Morgan fingerprint density at radius 1 is 1.15 bits per heavy atom. The minimum Gasteiger partial charge on any atom is -0.379 e. The van der Waals surface area contributed by atoms with Gasteiger partial charge in [0, 0.05) is 30.6 Å². The number of H-pyrrole nitrogens is 1. The largest absolute Gasteiger partial charge is 0.379 e. The number of hydrogen-bond acceptors (Lipinski definition) is 4. The Morgan fingerprint density at radius 3 is 2.82 bits per heavy atom. The summed E-state index contributed by atoms with van der Waals surface area (Å²) < 4.78 is 21.3. The molecule has 0 atom stereocenters. The number of benzene rings is 1. The summed E-state index contributed by atoms with van der Waals surface area (Å²) in [4.78, 5) is 33.6. The lowest BCUT2D eigenvalue weighted by atomic mass is 10.1. The van der Waals surface area contributed by atoms with Gasteiger partial charge in [0.25, 0.3) is 11.8 Å². The number of ether oxygens (including phenoxy) is 1. The van der Waals surface area contributed by atoms with Crippen molar-refractivity contribution in [2.24, 2.45) is 0 Å². The standard InChI is InChI=1S/C24H26FN5O3/c1-15-9-16(25)10-19-17(15)11-20(27-19)23(32)28-6-7-30-21(13-28)18(12-26-30)22(31)29-5-2-8-33-14-24(29)3-4-24/h9-12,27H,2-8,13-14H2,1H3. The molecule has 8 nitrogen and oxygen atoms in total. The molecule has 9 heteroatoms. The van der Waals surface area contributed by atoms with Gasteiger partial charge in [0.15, 0.2) is 0 Å². The van der Waals surface area contributed by atoms with Gasteiger partial charge in [0.05, 0.1) is 42.7 Å². The lowest BCUT2D eigenvalue weighted by Crippen LogP contribution is -2.45. The van der Waals surface area contributed by atoms with Crippen LogP contribution in [0.5, 0.6) is 0 Å². The monoisotopic (exact) mass is 451 g/mol. The Balaban J connectivity index is 1.27. The van der Waals surface area contributed by atoms with Gasteiger partial charge >= 0.3 is 0 Å². The number of hydrogen-bond donors (Lipinski definition) is 1. The fraction of sp³-hybridized carbons (Fsp3) is 0.458. The molecule has 1 N–H and O–H groups in total. The predicted molar refractivity (Wildman–Crippen MR) is 118 cm³/mol. The van der Waals surface area contributed by atoms with E-state index in [0.29, 0.717) is 56.2 Å². The second kappa shape index (κ2) is 7.41. The van der Waals surface area contributed by atoms with E-state index in [9.17, 15) is 14.0 Å². The molecule has 1 spiro atoms. The number of aryl methyl sites for hydroxylation is 1. The third-order valence-electron chi connectivity index (χ3n) is 7.21. The fourth-order valence-electron chi connectivity index (χ4n) is 5.18. The topological polar surface area (TPSA) is 83.5 Å². The van der Waals surface area contributed by atoms with E-state index < -0.39 is 0 Å². The first-order valence-corrected chi connectivity index (χ1v) is 11.5. The molecular weight excluding hydrogens is 425 g/mol. The number of carbonyl (C=O) groups is 2. The predicted octanol–water partition coefficient (Wildman–Crippen LogP) is 2.86. The Kier molecular flexibility index (Phi) is 4.58. The maximum absolute atomic E-state index is 13.8. The highest BCUT2D eigenvalue weighted by Crippen LogP contribution is 2.44. The number of carbonyl (C=O) groups excluding carboxylic acids is 2. The number of amides is 2. The van der Waals surface area contributed by atoms with Gasteiger partial charge in [-0.2, -0.15) is 5.10 Å². The van der Waals surface area contributed by atoms with Crippen molar-refractivity contribution >= 4 is 22.7 Å². The molecule has 1 saturated heterocycles. The number of nitrogens with zero attached hydrogens (tertiary/aromatic N) is 4. The molecule has 0 radical (unpaired) electrons. The van der Waals surface area contributed by atoms with Crippen LogP contribution in [-0.4, -0.2) is 68.2 Å². The molecule has 1 saturated carbocycles. The van der Waals surface area contributed by atoms with E-state index in [1.54, 1.807) is 17.2 Å². The highest BCUT2D eigenvalue weighted by Gasteiger charge is 2.51. The number of halogens is 1. The van der Waals surface area contributed by atoms with Crippen molar-refractivity contribution < 1.29 is 18.7 Å². The van der Waals surface area contributed by atoms with Crippen LogP contribution < -0.4 is 0 Å². The lowest BCUT2D eigenvalue weighted by Gasteiger charge is -2.31. The zero-order valence-electron chi connectivity index (χ0n) is 18.6. The van der Waals surface area contributed by atoms with Crippen molar-refractivity contribution in [2.75, 3.05) is 26.3 Å². The second-order valence-corrected chi connectivity index (χ2v) is 9.41. The first-order valence-electron chi connectivity index (χ1n) is 11.5. The number of aromatic nitrogens is 3. The van der Waals surface area contributed by atoms with E-state index in [1.807, 2.05) is 16.5 Å². The summed E-state index contributed by atoms with van der Waals surface area (Å²) in [7, 11) is 0. The zero-order chi connectivity index (χ0) is 22.7. The molecule has 2 aromatic heterocycles. The summed E-state index contributed by atoms with van der Waals surface area (Å²) in [5.41, 5.74) is 2.95. The molecule has 0 unspecified atom stereocenters. The highest BCUT2D eigenvalue weighted by atomic mass is 19.1. The van der Waals surface area contributed by atoms with Gasteiger partial charge in [-0.3, -0.25) is 14.3 Å². The van der Waals surface area contributed by atoms with Crippen LogP contribution in [0.2, 0.25) is 0 Å². The Bertz CT molecular complexity index is 1270. The summed E-state index contributed by atoms with van der Waals surface area (Å²) >= 11 is 0. The minimum absolute atomic E-state index is 0.0229. The quantitative estimate of drug-likeness (QED) is 0.650. The normalized spacial score (nSPS) is 19.6. The van der Waals surface area contributed by atoms with Crippen LogP contribution in [-0.2, 0) is 17.8 Å². The van der Waals surface area contributed by atoms with Gasteiger partial charge in [-0.1, -0.05) is 0 Å². The average Bonchev–Trinajstić information content (AvgIpc) is 3.33. The number of rotatable bonds is 2. The van der Waals surface area contributed by atoms with Crippen LogP contribution in [0.3, 0.4) is 0 Å². The van der Waals surface area contributed by atoms with Gasteiger partial charge in [-0.15, -0.1) is 0 Å². The van der Waals surface area contributed by atoms with Crippen LogP contribution in [0.4, 0.5) is 4.39 Å². The van der Waals surface area contributed by atoms with Crippen molar-refractivity contribution in [3.8, 4) is 0 Å². The molecule has 4 heterocycles. The van der Waals surface area contributed by atoms with Gasteiger partial charge < -0.3 is 19.5 Å². The molecular formula is C24H26FN5O3. The van der Waals surface area contributed by atoms with Crippen LogP contribution in [0.15, 0.2) is 24.4 Å². The number of nitrogens with one attached hydrogen (secondary N) is 1. The number of fused-ring (bicyclic) bond motifs is 2. The number of aromatic amines is 1. The van der Waals surface area contributed by atoms with Gasteiger partial charge in [0.1, 0.15) is 11.5 Å². The summed E-state index contributed by atoms with van der Waals surface area (Å²) in [5, 5.41) is 5.27. The molecule has 1 aliphatic carbocycles. The molecule has 2 fully saturated rings. The molecule has 2 amide bonds. The van der Waals surface area contributed by atoms with Gasteiger partial charge in [-0.05, 0) is 49.9 Å². The molecule has 3 aromatic rings. The van der Waals surface area contributed by atoms with E-state index in [4.69, 9.17) is 4.74 Å². The maximum Gasteiger partial charge on any atom is 0.270 e. The van der Waals surface area contributed by atoms with E-state index in [0.717, 1.165) is 35.9 Å².